The fraction of sp³-hybridized carbons (Fsp3) is 0.125. The Morgan fingerprint density at radius 3 is 2.83 bits per heavy atom. The van der Waals surface area contributed by atoms with E-state index in [1.807, 2.05) is 6.92 Å². The van der Waals surface area contributed by atoms with Gasteiger partial charge in [0.2, 0.25) is 5.91 Å². The van der Waals surface area contributed by atoms with Gasteiger partial charge in [0, 0.05) is 0 Å². The smallest absolute Gasteiger partial charge is 0.278 e. The number of carbonyl (C=O) groups is 1. The molecule has 0 fully saturated rings. The van der Waals surface area contributed by atoms with Gasteiger partial charge in [0.1, 0.15) is 17.8 Å². The third kappa shape index (κ3) is 3.03. The number of aromatic hydroxyl groups is 1. The van der Waals surface area contributed by atoms with Gasteiger partial charge in [-0.15, -0.1) is 5.10 Å². The zero-order valence-corrected chi connectivity index (χ0v) is 12.4. The molecule has 1 amide bonds. The molecule has 0 bridgehead atoms. The summed E-state index contributed by atoms with van der Waals surface area (Å²) < 4.78 is 0.989. The first-order valence-electron chi connectivity index (χ1n) is 6.96. The average molecular weight is 310 g/mol. The number of carbonyl (C=O) groups excluding carboxylic acids is 1. The van der Waals surface area contributed by atoms with Gasteiger partial charge in [-0.1, -0.05) is 23.4 Å². The first-order valence-corrected chi connectivity index (χ1v) is 6.96. The summed E-state index contributed by atoms with van der Waals surface area (Å²) in [6.45, 7) is 1.54. The molecule has 0 aliphatic carbocycles. The van der Waals surface area contributed by atoms with E-state index in [2.05, 4.69) is 15.6 Å². The topological polar surface area (TPSA) is 97.1 Å². The molecular weight excluding hydrogens is 296 g/mol. The fourth-order valence-electron chi connectivity index (χ4n) is 2.20. The van der Waals surface area contributed by atoms with Crippen LogP contribution < -0.4 is 10.9 Å². The van der Waals surface area contributed by atoms with E-state index in [1.165, 1.54) is 6.07 Å². The van der Waals surface area contributed by atoms with Crippen molar-refractivity contribution in [3.05, 3.63) is 58.4 Å². The molecule has 7 nitrogen and oxygen atoms in total. The molecule has 23 heavy (non-hydrogen) atoms. The summed E-state index contributed by atoms with van der Waals surface area (Å²) in [5.74, 6) is -0.508. The lowest BCUT2D eigenvalue weighted by Crippen LogP contribution is -2.30. The molecule has 116 valence electrons. The number of benzene rings is 2. The number of anilines is 1. The largest absolute Gasteiger partial charge is 0.506 e. The van der Waals surface area contributed by atoms with Gasteiger partial charge in [0.25, 0.3) is 5.56 Å². The van der Waals surface area contributed by atoms with E-state index >= 15 is 0 Å². The van der Waals surface area contributed by atoms with Crippen LogP contribution in [0.2, 0.25) is 0 Å². The molecule has 0 aliphatic heterocycles. The molecule has 3 aromatic rings. The van der Waals surface area contributed by atoms with Gasteiger partial charge in [0.05, 0.1) is 11.1 Å². The van der Waals surface area contributed by atoms with Crippen molar-refractivity contribution in [2.24, 2.45) is 0 Å². The maximum Gasteiger partial charge on any atom is 0.278 e. The zero-order chi connectivity index (χ0) is 16.4. The molecule has 0 spiro atoms. The van der Waals surface area contributed by atoms with Crippen molar-refractivity contribution < 1.29 is 9.90 Å². The molecule has 0 saturated heterocycles. The summed E-state index contributed by atoms with van der Waals surface area (Å²) >= 11 is 0. The number of aromatic nitrogens is 3. The van der Waals surface area contributed by atoms with Gasteiger partial charge in [-0.05, 0) is 36.8 Å². The average Bonchev–Trinajstić information content (AvgIpc) is 2.53. The van der Waals surface area contributed by atoms with Crippen LogP contribution in [0.15, 0.2) is 47.3 Å². The summed E-state index contributed by atoms with van der Waals surface area (Å²) in [6.07, 6.45) is 0. The number of nitrogens with one attached hydrogen (secondary N) is 1. The normalized spacial score (nSPS) is 10.7. The maximum absolute atomic E-state index is 12.3. The minimum atomic E-state index is -0.476. The van der Waals surface area contributed by atoms with Crippen molar-refractivity contribution in [2.75, 3.05) is 5.32 Å². The Bertz CT molecular complexity index is 949. The molecule has 0 atom stereocenters. The van der Waals surface area contributed by atoms with Crippen LogP contribution in [0.4, 0.5) is 5.69 Å². The van der Waals surface area contributed by atoms with Crippen LogP contribution in [-0.2, 0) is 11.3 Å². The number of rotatable bonds is 3. The SMILES string of the molecule is Cc1ccc(NC(=O)Cn2nnc3ccccc3c2=O)c(O)c1. The molecular formula is C16H14N4O3. The molecule has 2 N–H and O–H groups in total. The highest BCUT2D eigenvalue weighted by Crippen LogP contribution is 2.23. The Morgan fingerprint density at radius 1 is 1.26 bits per heavy atom. The van der Waals surface area contributed by atoms with Crippen molar-refractivity contribution in [3.8, 4) is 5.75 Å². The Kier molecular flexibility index (Phi) is 3.76. The first-order chi connectivity index (χ1) is 11.0. The van der Waals surface area contributed by atoms with Crippen LogP contribution in [0, 0.1) is 6.92 Å². The lowest BCUT2D eigenvalue weighted by molar-refractivity contribution is -0.117. The summed E-state index contributed by atoms with van der Waals surface area (Å²) in [5.41, 5.74) is 1.24. The zero-order valence-electron chi connectivity index (χ0n) is 12.4. The fourth-order valence-corrected chi connectivity index (χ4v) is 2.20. The van der Waals surface area contributed by atoms with E-state index in [0.29, 0.717) is 10.9 Å². The Balaban J connectivity index is 1.83. The molecule has 2 aromatic carbocycles. The van der Waals surface area contributed by atoms with Gasteiger partial charge in [-0.2, -0.15) is 0 Å². The standard InChI is InChI=1S/C16H14N4O3/c1-10-6-7-13(14(21)8-10)17-15(22)9-20-16(23)11-4-2-3-5-12(11)18-19-20/h2-8,21H,9H2,1H3,(H,17,22). The number of amides is 1. The van der Waals surface area contributed by atoms with Crippen LogP contribution >= 0.6 is 0 Å². The highest BCUT2D eigenvalue weighted by Gasteiger charge is 2.11. The van der Waals surface area contributed by atoms with E-state index in [1.54, 1.807) is 36.4 Å². The Labute approximate surface area is 131 Å². The number of nitrogens with zero attached hydrogens (tertiary/aromatic N) is 3. The van der Waals surface area contributed by atoms with Crippen LogP contribution in [-0.4, -0.2) is 26.0 Å². The van der Waals surface area contributed by atoms with Gasteiger partial charge in [-0.25, -0.2) is 4.68 Å². The summed E-state index contributed by atoms with van der Waals surface area (Å²) in [7, 11) is 0. The molecule has 1 heterocycles. The van der Waals surface area contributed by atoms with Crippen molar-refractivity contribution in [1.82, 2.24) is 15.0 Å². The van der Waals surface area contributed by atoms with Crippen LogP contribution in [0.25, 0.3) is 10.9 Å². The quantitative estimate of drug-likeness (QED) is 0.714. The van der Waals surface area contributed by atoms with E-state index < -0.39 is 5.91 Å². The van der Waals surface area contributed by atoms with E-state index in [9.17, 15) is 14.7 Å². The van der Waals surface area contributed by atoms with E-state index in [0.717, 1.165) is 10.2 Å². The molecule has 3 rings (SSSR count). The second kappa shape index (κ2) is 5.88. The summed E-state index contributed by atoms with van der Waals surface area (Å²) in [6, 6.07) is 11.7. The van der Waals surface area contributed by atoms with Crippen molar-refractivity contribution in [1.29, 1.82) is 0 Å². The minimum absolute atomic E-state index is 0.0321. The van der Waals surface area contributed by atoms with Crippen LogP contribution in [0.5, 0.6) is 5.75 Å². The summed E-state index contributed by atoms with van der Waals surface area (Å²) in [4.78, 5) is 24.3. The van der Waals surface area contributed by atoms with E-state index in [-0.39, 0.29) is 23.5 Å². The van der Waals surface area contributed by atoms with Gasteiger partial charge in [0.15, 0.2) is 0 Å². The predicted molar refractivity (Wildman–Crippen MR) is 85.3 cm³/mol. The molecule has 0 saturated carbocycles. The highest BCUT2D eigenvalue weighted by atomic mass is 16.3. The minimum Gasteiger partial charge on any atom is -0.506 e. The Hall–Kier alpha value is -3.22. The van der Waals surface area contributed by atoms with Gasteiger partial charge < -0.3 is 10.4 Å². The van der Waals surface area contributed by atoms with E-state index in [4.69, 9.17) is 0 Å². The third-order valence-electron chi connectivity index (χ3n) is 3.35. The van der Waals surface area contributed by atoms with Crippen LogP contribution in [0.1, 0.15) is 5.56 Å². The van der Waals surface area contributed by atoms with Crippen molar-refractivity contribution in [3.63, 3.8) is 0 Å². The van der Waals surface area contributed by atoms with Crippen LogP contribution in [0.3, 0.4) is 0 Å². The van der Waals surface area contributed by atoms with Gasteiger partial charge in [-0.3, -0.25) is 9.59 Å². The predicted octanol–water partition coefficient (Wildman–Crippen LogP) is 1.44. The lowest BCUT2D eigenvalue weighted by atomic mass is 10.2. The third-order valence-corrected chi connectivity index (χ3v) is 3.35. The summed E-state index contributed by atoms with van der Waals surface area (Å²) in [5, 5.41) is 20.4. The molecule has 0 aliphatic rings. The first kappa shape index (κ1) is 14.7. The Morgan fingerprint density at radius 2 is 2.04 bits per heavy atom. The second-order valence-electron chi connectivity index (χ2n) is 5.14. The van der Waals surface area contributed by atoms with Crippen molar-refractivity contribution >= 4 is 22.5 Å². The van der Waals surface area contributed by atoms with Crippen molar-refractivity contribution in [2.45, 2.75) is 13.5 Å². The number of hydrogen-bond acceptors (Lipinski definition) is 5. The highest BCUT2D eigenvalue weighted by molar-refractivity contribution is 5.92. The number of phenolic OH excluding ortho intramolecular Hbond substituents is 1. The monoisotopic (exact) mass is 310 g/mol. The number of hydrogen-bond donors (Lipinski definition) is 2. The van der Waals surface area contributed by atoms with Gasteiger partial charge >= 0.3 is 0 Å². The number of aryl methyl sites for hydroxylation is 1. The molecule has 0 radical (unpaired) electrons. The number of phenols is 1. The molecule has 7 heteroatoms. The molecule has 1 aromatic heterocycles. The second-order valence-corrected chi connectivity index (χ2v) is 5.14. The lowest BCUT2D eigenvalue weighted by Gasteiger charge is -2.08. The molecule has 0 unspecified atom stereocenters. The maximum atomic E-state index is 12.3. The number of fused-ring (bicyclic) bond motifs is 1.